The highest BCUT2D eigenvalue weighted by Crippen LogP contribution is 2.30. The van der Waals surface area contributed by atoms with Crippen molar-refractivity contribution in [3.8, 4) is 0 Å². The second-order valence-electron chi connectivity index (χ2n) is 8.89. The number of aliphatic hydroxyl groups excluding tert-OH is 2. The minimum Gasteiger partial charge on any atom is -0.390 e. The van der Waals surface area contributed by atoms with Crippen LogP contribution in [0.5, 0.6) is 0 Å². The van der Waals surface area contributed by atoms with E-state index >= 15 is 0 Å². The van der Waals surface area contributed by atoms with Gasteiger partial charge in [0, 0.05) is 24.1 Å². The molecule has 182 valence electrons. The number of carbonyl (C=O) groups excluding carboxylic acids is 4. The zero-order chi connectivity index (χ0) is 24.9. The van der Waals surface area contributed by atoms with Crippen LogP contribution in [0.1, 0.15) is 50.4 Å². The van der Waals surface area contributed by atoms with Crippen LogP contribution in [-0.2, 0) is 9.59 Å². The number of urea groups is 1. The van der Waals surface area contributed by atoms with E-state index in [1.165, 1.54) is 31.2 Å². The standard InChI is InChI=1S/C22H32N4O7/c1-11(2)8-15(19(23)30)25-20(31)22(33)9-16(18(29)17(28)10-22)26-21(32)24-14-6-4-13(5-7-14)12(3)27/h4-7,11,15-18,28-29,33H,8-10H2,1-3H3,(H2,23,30)(H,25,31)(H2,24,26,32)/t15-,16+,17-,18-,22-/m1/s1. The Morgan fingerprint density at radius 2 is 1.73 bits per heavy atom. The van der Waals surface area contributed by atoms with Gasteiger partial charge >= 0.3 is 6.03 Å². The van der Waals surface area contributed by atoms with Gasteiger partial charge in [0.25, 0.3) is 5.91 Å². The minimum atomic E-state index is -2.15. The summed E-state index contributed by atoms with van der Waals surface area (Å²) in [6.45, 7) is 5.09. The number of hydrogen-bond acceptors (Lipinski definition) is 7. The molecule has 1 aliphatic rings. The molecule has 1 aromatic rings. The molecule has 8 N–H and O–H groups in total. The van der Waals surface area contributed by atoms with E-state index in [1.54, 1.807) is 0 Å². The van der Waals surface area contributed by atoms with Crippen molar-refractivity contribution in [2.24, 2.45) is 11.7 Å². The van der Waals surface area contributed by atoms with Crippen LogP contribution in [0.3, 0.4) is 0 Å². The fourth-order valence-corrected chi connectivity index (χ4v) is 3.76. The molecule has 0 radical (unpaired) electrons. The summed E-state index contributed by atoms with van der Waals surface area (Å²) in [6, 6.07) is 3.17. The Hall–Kier alpha value is -3.02. The van der Waals surface area contributed by atoms with E-state index < -0.39 is 60.6 Å². The minimum absolute atomic E-state index is 0.0406. The molecular weight excluding hydrogens is 432 g/mol. The first-order valence-corrected chi connectivity index (χ1v) is 10.7. The maximum absolute atomic E-state index is 12.8. The highest BCUT2D eigenvalue weighted by Gasteiger charge is 2.49. The van der Waals surface area contributed by atoms with E-state index in [4.69, 9.17) is 5.73 Å². The van der Waals surface area contributed by atoms with E-state index in [0.29, 0.717) is 11.3 Å². The summed E-state index contributed by atoms with van der Waals surface area (Å²) < 4.78 is 0. The Morgan fingerprint density at radius 1 is 1.12 bits per heavy atom. The van der Waals surface area contributed by atoms with Crippen molar-refractivity contribution in [1.29, 1.82) is 0 Å². The number of nitrogens with one attached hydrogen (secondary N) is 3. The van der Waals surface area contributed by atoms with Crippen molar-refractivity contribution >= 4 is 29.3 Å². The SMILES string of the molecule is CC(=O)c1ccc(NC(=O)N[C@H]2C[C@](O)(C(=O)N[C@H](CC(C)C)C(N)=O)C[C@@H](O)[C@@H]2O)cc1. The Labute approximate surface area is 191 Å². The smallest absolute Gasteiger partial charge is 0.319 e. The van der Waals surface area contributed by atoms with Gasteiger partial charge in [0.15, 0.2) is 5.78 Å². The summed E-state index contributed by atoms with van der Waals surface area (Å²) in [7, 11) is 0. The molecular formula is C22H32N4O7. The molecule has 1 aliphatic carbocycles. The predicted octanol–water partition coefficient (Wildman–Crippen LogP) is -0.358. The zero-order valence-corrected chi connectivity index (χ0v) is 18.9. The average Bonchev–Trinajstić information content (AvgIpc) is 2.71. The third kappa shape index (κ3) is 6.98. The van der Waals surface area contributed by atoms with Crippen LogP contribution in [-0.4, -0.2) is 68.8 Å². The Kier molecular flexibility index (Phi) is 8.53. The fourth-order valence-electron chi connectivity index (χ4n) is 3.76. The van der Waals surface area contributed by atoms with Gasteiger partial charge in [0.1, 0.15) is 17.7 Å². The Morgan fingerprint density at radius 3 is 2.24 bits per heavy atom. The number of amides is 4. The summed E-state index contributed by atoms with van der Waals surface area (Å²) in [4.78, 5) is 48.2. The molecule has 0 unspecified atom stereocenters. The zero-order valence-electron chi connectivity index (χ0n) is 18.9. The third-order valence-corrected chi connectivity index (χ3v) is 5.56. The van der Waals surface area contributed by atoms with E-state index in [1.807, 2.05) is 13.8 Å². The topological polar surface area (TPSA) is 191 Å². The first-order valence-electron chi connectivity index (χ1n) is 10.7. The molecule has 0 aliphatic heterocycles. The normalized spacial score (nSPS) is 25.7. The third-order valence-electron chi connectivity index (χ3n) is 5.56. The highest BCUT2D eigenvalue weighted by atomic mass is 16.3. The van der Waals surface area contributed by atoms with Gasteiger partial charge in [-0.3, -0.25) is 14.4 Å². The van der Waals surface area contributed by atoms with Crippen LogP contribution in [0, 0.1) is 5.92 Å². The summed E-state index contributed by atoms with van der Waals surface area (Å²) in [5.74, 6) is -1.78. The number of aliphatic hydroxyl groups is 3. The van der Waals surface area contributed by atoms with E-state index in [-0.39, 0.29) is 18.1 Å². The molecule has 11 nitrogen and oxygen atoms in total. The predicted molar refractivity (Wildman–Crippen MR) is 119 cm³/mol. The van der Waals surface area contributed by atoms with Gasteiger partial charge < -0.3 is 37.0 Å². The lowest BCUT2D eigenvalue weighted by Gasteiger charge is -2.41. The lowest BCUT2D eigenvalue weighted by atomic mass is 9.77. The quantitative estimate of drug-likeness (QED) is 0.255. The number of ketones is 1. The second-order valence-corrected chi connectivity index (χ2v) is 8.89. The molecule has 33 heavy (non-hydrogen) atoms. The first-order chi connectivity index (χ1) is 15.3. The first kappa shape index (κ1) is 26.2. The second kappa shape index (κ2) is 10.7. The molecule has 0 heterocycles. The number of primary amides is 1. The van der Waals surface area contributed by atoms with Gasteiger partial charge in [0.2, 0.25) is 5.91 Å². The lowest BCUT2D eigenvalue weighted by Crippen LogP contribution is -2.64. The fraction of sp³-hybridized carbons (Fsp3) is 0.545. The summed E-state index contributed by atoms with van der Waals surface area (Å²) >= 11 is 0. The average molecular weight is 465 g/mol. The van der Waals surface area contributed by atoms with E-state index in [9.17, 15) is 34.5 Å². The monoisotopic (exact) mass is 464 g/mol. The van der Waals surface area contributed by atoms with Gasteiger partial charge in [-0.2, -0.15) is 0 Å². The van der Waals surface area contributed by atoms with Crippen LogP contribution < -0.4 is 21.7 Å². The molecule has 1 aromatic carbocycles. The van der Waals surface area contributed by atoms with Gasteiger partial charge in [0.05, 0.1) is 12.1 Å². The van der Waals surface area contributed by atoms with Crippen molar-refractivity contribution < 1.29 is 34.5 Å². The van der Waals surface area contributed by atoms with Crippen molar-refractivity contribution in [2.45, 2.75) is 69.9 Å². The molecule has 1 saturated carbocycles. The number of benzene rings is 1. The molecule has 0 saturated heterocycles. The molecule has 5 atom stereocenters. The van der Waals surface area contributed by atoms with Crippen molar-refractivity contribution in [3.63, 3.8) is 0 Å². The number of Topliss-reactive ketones (excluding diaryl/α,β-unsaturated/α-hetero) is 1. The largest absolute Gasteiger partial charge is 0.390 e. The molecule has 0 aromatic heterocycles. The van der Waals surface area contributed by atoms with Crippen LogP contribution in [0.15, 0.2) is 24.3 Å². The molecule has 0 spiro atoms. The van der Waals surface area contributed by atoms with Gasteiger partial charge in [-0.25, -0.2) is 4.79 Å². The van der Waals surface area contributed by atoms with Gasteiger partial charge in [-0.1, -0.05) is 13.8 Å². The number of anilines is 1. The van der Waals surface area contributed by atoms with E-state index in [2.05, 4.69) is 16.0 Å². The van der Waals surface area contributed by atoms with Crippen LogP contribution in [0.25, 0.3) is 0 Å². The van der Waals surface area contributed by atoms with Crippen molar-refractivity contribution in [1.82, 2.24) is 10.6 Å². The Balaban J connectivity index is 2.08. The summed E-state index contributed by atoms with van der Waals surface area (Å²) in [5.41, 5.74) is 4.03. The number of carbonyl (C=O) groups is 4. The lowest BCUT2D eigenvalue weighted by molar-refractivity contribution is -0.159. The van der Waals surface area contributed by atoms with Crippen LogP contribution >= 0.6 is 0 Å². The molecule has 4 amide bonds. The van der Waals surface area contributed by atoms with E-state index in [0.717, 1.165) is 0 Å². The number of nitrogens with two attached hydrogens (primary N) is 1. The van der Waals surface area contributed by atoms with Crippen LogP contribution in [0.4, 0.5) is 10.5 Å². The summed E-state index contributed by atoms with van der Waals surface area (Å²) in [5, 5.41) is 38.8. The van der Waals surface area contributed by atoms with Crippen LogP contribution in [0.2, 0.25) is 0 Å². The van der Waals surface area contributed by atoms with Gasteiger partial charge in [-0.15, -0.1) is 0 Å². The maximum atomic E-state index is 12.8. The summed E-state index contributed by atoms with van der Waals surface area (Å²) in [6.07, 6.45) is -3.58. The highest BCUT2D eigenvalue weighted by molar-refractivity contribution is 5.95. The van der Waals surface area contributed by atoms with Gasteiger partial charge in [-0.05, 0) is 43.5 Å². The maximum Gasteiger partial charge on any atom is 0.319 e. The molecule has 2 rings (SSSR count). The van der Waals surface area contributed by atoms with Crippen molar-refractivity contribution in [2.75, 3.05) is 5.32 Å². The molecule has 1 fully saturated rings. The Bertz CT molecular complexity index is 889. The molecule has 0 bridgehead atoms. The number of hydrogen-bond donors (Lipinski definition) is 7. The number of rotatable bonds is 8. The van der Waals surface area contributed by atoms with Crippen molar-refractivity contribution in [3.05, 3.63) is 29.8 Å². The molecule has 11 heteroatoms.